The van der Waals surface area contributed by atoms with Crippen molar-refractivity contribution in [2.75, 3.05) is 33.1 Å². The number of ether oxygens (including phenoxy) is 3. The van der Waals surface area contributed by atoms with E-state index in [4.69, 9.17) is 14.2 Å². The van der Waals surface area contributed by atoms with Gasteiger partial charge in [-0.15, -0.1) is 0 Å². The lowest BCUT2D eigenvalue weighted by atomic mass is 10.2. The van der Waals surface area contributed by atoms with Crippen molar-refractivity contribution in [2.45, 2.75) is 19.4 Å². The van der Waals surface area contributed by atoms with Crippen molar-refractivity contribution in [1.29, 1.82) is 0 Å². The molecule has 1 atom stereocenters. The van der Waals surface area contributed by atoms with Gasteiger partial charge in [0.25, 0.3) is 0 Å². The molecule has 1 unspecified atom stereocenters. The highest BCUT2D eigenvalue weighted by Gasteiger charge is 2.12. The van der Waals surface area contributed by atoms with Crippen LogP contribution in [0.4, 0.5) is 0 Å². The van der Waals surface area contributed by atoms with Crippen LogP contribution in [-0.2, 0) is 9.47 Å². The second kappa shape index (κ2) is 7.36. The van der Waals surface area contributed by atoms with E-state index in [1.165, 1.54) is 5.56 Å². The van der Waals surface area contributed by atoms with E-state index >= 15 is 0 Å². The molecule has 0 amide bonds. The lowest BCUT2D eigenvalue weighted by Crippen LogP contribution is -2.35. The zero-order valence-corrected chi connectivity index (χ0v) is 10.9. The van der Waals surface area contributed by atoms with Crippen LogP contribution in [0.3, 0.4) is 0 Å². The third-order valence-corrected chi connectivity index (χ3v) is 2.88. The first-order valence-electron chi connectivity index (χ1n) is 6.44. The molecule has 4 nitrogen and oxygen atoms in total. The van der Waals surface area contributed by atoms with Crippen LogP contribution in [0.5, 0.6) is 5.75 Å². The van der Waals surface area contributed by atoms with Crippen LogP contribution in [0.15, 0.2) is 24.3 Å². The first kappa shape index (κ1) is 13.3. The van der Waals surface area contributed by atoms with Crippen LogP contribution in [0.2, 0.25) is 0 Å². The molecular formula is C14H21NO3. The van der Waals surface area contributed by atoms with Crippen LogP contribution in [-0.4, -0.2) is 39.2 Å². The molecule has 1 aromatic rings. The third kappa shape index (κ3) is 4.64. The number of aryl methyl sites for hydroxylation is 1. The molecular weight excluding hydrogens is 230 g/mol. The molecule has 1 saturated heterocycles. The van der Waals surface area contributed by atoms with E-state index in [1.807, 2.05) is 18.2 Å². The van der Waals surface area contributed by atoms with Gasteiger partial charge in [-0.1, -0.05) is 12.1 Å². The van der Waals surface area contributed by atoms with E-state index in [-0.39, 0.29) is 6.10 Å². The first-order chi connectivity index (χ1) is 8.84. The molecule has 0 aliphatic carbocycles. The van der Waals surface area contributed by atoms with Crippen molar-refractivity contribution in [1.82, 2.24) is 5.32 Å². The van der Waals surface area contributed by atoms with Crippen LogP contribution in [0.1, 0.15) is 12.0 Å². The minimum atomic E-state index is 0.276. The molecule has 0 saturated carbocycles. The summed E-state index contributed by atoms with van der Waals surface area (Å²) >= 11 is 0. The van der Waals surface area contributed by atoms with Gasteiger partial charge in [-0.2, -0.15) is 0 Å². The maximum atomic E-state index is 5.65. The quantitative estimate of drug-likeness (QED) is 0.782. The Morgan fingerprint density at radius 1 is 1.44 bits per heavy atom. The van der Waals surface area contributed by atoms with Crippen molar-refractivity contribution >= 4 is 0 Å². The predicted molar refractivity (Wildman–Crippen MR) is 69.9 cm³/mol. The summed E-state index contributed by atoms with van der Waals surface area (Å²) < 4.78 is 16.2. The van der Waals surface area contributed by atoms with Crippen molar-refractivity contribution in [2.24, 2.45) is 0 Å². The Kier molecular flexibility index (Phi) is 5.45. The number of benzene rings is 1. The highest BCUT2D eigenvalue weighted by atomic mass is 16.7. The second-order valence-corrected chi connectivity index (χ2v) is 4.47. The van der Waals surface area contributed by atoms with Crippen LogP contribution >= 0.6 is 0 Å². The largest absolute Gasteiger partial charge is 0.492 e. The molecule has 4 heteroatoms. The summed E-state index contributed by atoms with van der Waals surface area (Å²) in [6.07, 6.45) is 1.24. The van der Waals surface area contributed by atoms with E-state index in [2.05, 4.69) is 18.3 Å². The van der Waals surface area contributed by atoms with Gasteiger partial charge in [-0.05, 0) is 31.0 Å². The molecule has 2 rings (SSSR count). The molecule has 1 N–H and O–H groups in total. The van der Waals surface area contributed by atoms with E-state index in [9.17, 15) is 0 Å². The molecule has 1 aliphatic rings. The van der Waals surface area contributed by atoms with Crippen LogP contribution < -0.4 is 10.1 Å². The normalized spacial score (nSPS) is 19.7. The summed E-state index contributed by atoms with van der Waals surface area (Å²) in [6.45, 7) is 5.65. The van der Waals surface area contributed by atoms with Gasteiger partial charge in [-0.25, -0.2) is 0 Å². The summed E-state index contributed by atoms with van der Waals surface area (Å²) in [4.78, 5) is 0. The van der Waals surface area contributed by atoms with E-state index < -0.39 is 0 Å². The minimum absolute atomic E-state index is 0.276. The van der Waals surface area contributed by atoms with Gasteiger partial charge in [0.05, 0.1) is 12.7 Å². The summed E-state index contributed by atoms with van der Waals surface area (Å²) in [5.74, 6) is 0.930. The number of hydrogen-bond acceptors (Lipinski definition) is 4. The molecule has 0 radical (unpaired) electrons. The molecule has 1 aliphatic heterocycles. The molecule has 1 fully saturated rings. The van der Waals surface area contributed by atoms with Crippen molar-refractivity contribution in [3.05, 3.63) is 29.8 Å². The zero-order chi connectivity index (χ0) is 12.6. The fourth-order valence-electron chi connectivity index (χ4n) is 1.87. The summed E-state index contributed by atoms with van der Waals surface area (Å²) in [5, 5.41) is 3.33. The Balaban J connectivity index is 1.55. The van der Waals surface area contributed by atoms with Crippen LogP contribution in [0, 0.1) is 6.92 Å². The van der Waals surface area contributed by atoms with Gasteiger partial charge in [0.1, 0.15) is 19.1 Å². The highest BCUT2D eigenvalue weighted by Crippen LogP contribution is 2.11. The average molecular weight is 251 g/mol. The summed E-state index contributed by atoms with van der Waals surface area (Å²) in [7, 11) is 0. The van der Waals surface area contributed by atoms with E-state index in [0.29, 0.717) is 13.4 Å². The zero-order valence-electron chi connectivity index (χ0n) is 10.9. The van der Waals surface area contributed by atoms with Gasteiger partial charge >= 0.3 is 0 Å². The Bertz CT molecular complexity index is 351. The fourth-order valence-corrected chi connectivity index (χ4v) is 1.87. The van der Waals surface area contributed by atoms with Gasteiger partial charge in [0.15, 0.2) is 0 Å². The Morgan fingerprint density at radius 2 is 2.39 bits per heavy atom. The molecule has 0 spiro atoms. The van der Waals surface area contributed by atoms with Gasteiger partial charge in [-0.3, -0.25) is 0 Å². The molecule has 0 aromatic heterocycles. The monoisotopic (exact) mass is 251 g/mol. The maximum Gasteiger partial charge on any atom is 0.147 e. The molecule has 18 heavy (non-hydrogen) atoms. The van der Waals surface area contributed by atoms with Gasteiger partial charge in [0.2, 0.25) is 0 Å². The van der Waals surface area contributed by atoms with Crippen molar-refractivity contribution in [3.8, 4) is 5.75 Å². The van der Waals surface area contributed by atoms with E-state index in [1.54, 1.807) is 0 Å². The Hall–Kier alpha value is -1.10. The Morgan fingerprint density at radius 3 is 3.17 bits per heavy atom. The average Bonchev–Trinajstić information content (AvgIpc) is 2.40. The maximum absolute atomic E-state index is 5.65. The molecule has 0 bridgehead atoms. The number of rotatable bonds is 6. The highest BCUT2D eigenvalue weighted by molar-refractivity contribution is 5.27. The third-order valence-electron chi connectivity index (χ3n) is 2.88. The predicted octanol–water partition coefficient (Wildman–Crippen LogP) is 1.73. The van der Waals surface area contributed by atoms with Crippen molar-refractivity contribution in [3.63, 3.8) is 0 Å². The van der Waals surface area contributed by atoms with E-state index in [0.717, 1.165) is 31.9 Å². The summed E-state index contributed by atoms with van der Waals surface area (Å²) in [6, 6.07) is 8.09. The first-order valence-corrected chi connectivity index (χ1v) is 6.44. The topological polar surface area (TPSA) is 39.7 Å². The molecule has 1 heterocycles. The molecule has 1 aromatic carbocycles. The molecule has 100 valence electrons. The van der Waals surface area contributed by atoms with Crippen molar-refractivity contribution < 1.29 is 14.2 Å². The lowest BCUT2D eigenvalue weighted by molar-refractivity contribution is -0.137. The minimum Gasteiger partial charge on any atom is -0.492 e. The fraction of sp³-hybridized carbons (Fsp3) is 0.571. The summed E-state index contributed by atoms with van der Waals surface area (Å²) in [5.41, 5.74) is 1.22. The standard InChI is InChI=1S/C14H21NO3/c1-12-3-2-4-13(9-12)17-8-6-15-10-14-5-7-16-11-18-14/h2-4,9,14-15H,5-8,10-11H2,1H3. The van der Waals surface area contributed by atoms with Gasteiger partial charge < -0.3 is 19.5 Å². The smallest absolute Gasteiger partial charge is 0.147 e. The van der Waals surface area contributed by atoms with Gasteiger partial charge in [0, 0.05) is 13.1 Å². The second-order valence-electron chi connectivity index (χ2n) is 4.47. The van der Waals surface area contributed by atoms with Crippen LogP contribution in [0.25, 0.3) is 0 Å². The SMILES string of the molecule is Cc1cccc(OCCNCC2CCOCO2)c1. The number of nitrogens with one attached hydrogen (secondary N) is 1. The number of hydrogen-bond donors (Lipinski definition) is 1. The lowest BCUT2D eigenvalue weighted by Gasteiger charge is -2.22. The Labute approximate surface area is 108 Å².